The van der Waals surface area contributed by atoms with Gasteiger partial charge in [-0.1, -0.05) is 6.07 Å². The average molecular weight is 347 g/mol. The molecule has 2 N–H and O–H groups in total. The maximum atomic E-state index is 13.5. The lowest BCUT2D eigenvalue weighted by atomic mass is 10.1. The molecular weight excluding hydrogens is 324 g/mol. The number of carbonyl (C=O) groups is 1. The highest BCUT2D eigenvalue weighted by molar-refractivity contribution is 5.94. The molecule has 2 aromatic rings. The van der Waals surface area contributed by atoms with E-state index in [4.69, 9.17) is 0 Å². The van der Waals surface area contributed by atoms with E-state index in [1.165, 1.54) is 6.07 Å². The van der Waals surface area contributed by atoms with Gasteiger partial charge in [-0.05, 0) is 56.7 Å². The highest BCUT2D eigenvalue weighted by Crippen LogP contribution is 2.23. The summed E-state index contributed by atoms with van der Waals surface area (Å²) in [6.45, 7) is 7.66. The summed E-state index contributed by atoms with van der Waals surface area (Å²) in [7, 11) is 0. The van der Waals surface area contributed by atoms with Crippen molar-refractivity contribution in [2.75, 3.05) is 35.2 Å². The first-order chi connectivity index (χ1) is 12.0. The maximum Gasteiger partial charge on any atom is 0.243 e. The number of para-hydroxylation sites is 1. The minimum Gasteiger partial charge on any atom is -0.372 e. The van der Waals surface area contributed by atoms with Crippen molar-refractivity contribution in [2.24, 2.45) is 0 Å². The molecule has 0 aliphatic carbocycles. The van der Waals surface area contributed by atoms with E-state index in [-0.39, 0.29) is 18.1 Å². The van der Waals surface area contributed by atoms with Crippen LogP contribution < -0.4 is 15.5 Å². The Morgan fingerprint density at radius 2 is 1.72 bits per heavy atom. The number of carbonyl (C=O) groups excluding carboxylic acids is 1. The highest BCUT2D eigenvalue weighted by atomic mass is 19.1. The number of hydrogen-bond acceptors (Lipinski definition) is 3. The largest absolute Gasteiger partial charge is 0.372 e. The number of aryl methyl sites for hydroxylation is 1. The van der Waals surface area contributed by atoms with Gasteiger partial charge in [0.15, 0.2) is 0 Å². The molecule has 1 amide bonds. The lowest BCUT2D eigenvalue weighted by Gasteiger charge is -2.22. The Labute approximate surface area is 146 Å². The van der Waals surface area contributed by atoms with Gasteiger partial charge in [-0.25, -0.2) is 8.78 Å². The Bertz CT molecular complexity index is 725. The molecule has 0 atom stereocenters. The standard InChI is InChI=1S/C19H23F2N3O/c1-4-24(5-2)14-9-10-17(13(3)11-14)23-18(25)12-22-19-15(20)7-6-8-16(19)21/h6-11,22H,4-5,12H2,1-3H3,(H,23,25). The van der Waals surface area contributed by atoms with Crippen LogP contribution in [0, 0.1) is 18.6 Å². The predicted octanol–water partition coefficient (Wildman–Crippen LogP) is 4.17. The van der Waals surface area contributed by atoms with Crippen LogP contribution >= 0.6 is 0 Å². The monoisotopic (exact) mass is 347 g/mol. The van der Waals surface area contributed by atoms with Crippen molar-refractivity contribution < 1.29 is 13.6 Å². The summed E-state index contributed by atoms with van der Waals surface area (Å²) in [5.74, 6) is -1.83. The van der Waals surface area contributed by atoms with Crippen molar-refractivity contribution in [3.8, 4) is 0 Å². The molecule has 6 heteroatoms. The van der Waals surface area contributed by atoms with Crippen molar-refractivity contribution in [3.05, 3.63) is 53.6 Å². The molecule has 4 nitrogen and oxygen atoms in total. The quantitative estimate of drug-likeness (QED) is 0.790. The molecule has 2 rings (SSSR count). The van der Waals surface area contributed by atoms with Gasteiger partial charge in [0.05, 0.1) is 6.54 Å². The number of hydrogen-bond donors (Lipinski definition) is 2. The van der Waals surface area contributed by atoms with Gasteiger partial charge < -0.3 is 15.5 Å². The second-order valence-electron chi connectivity index (χ2n) is 5.67. The van der Waals surface area contributed by atoms with E-state index in [1.54, 1.807) is 0 Å². The average Bonchev–Trinajstić information content (AvgIpc) is 2.58. The Morgan fingerprint density at radius 1 is 1.08 bits per heavy atom. The molecule has 0 bridgehead atoms. The minimum absolute atomic E-state index is 0.227. The molecule has 0 fully saturated rings. The van der Waals surface area contributed by atoms with E-state index in [2.05, 4.69) is 29.4 Å². The molecule has 0 saturated heterocycles. The van der Waals surface area contributed by atoms with Crippen LogP contribution in [0.25, 0.3) is 0 Å². The second-order valence-corrected chi connectivity index (χ2v) is 5.67. The molecule has 0 unspecified atom stereocenters. The zero-order chi connectivity index (χ0) is 18.4. The Hall–Kier alpha value is -2.63. The molecule has 0 radical (unpaired) electrons. The number of amides is 1. The van der Waals surface area contributed by atoms with Crippen molar-refractivity contribution in [1.82, 2.24) is 0 Å². The Balaban J connectivity index is 2.01. The van der Waals surface area contributed by atoms with Crippen molar-refractivity contribution in [3.63, 3.8) is 0 Å². The zero-order valence-corrected chi connectivity index (χ0v) is 14.7. The van der Waals surface area contributed by atoms with Gasteiger partial charge in [-0.2, -0.15) is 0 Å². The van der Waals surface area contributed by atoms with E-state index in [1.807, 2.05) is 25.1 Å². The molecule has 0 spiro atoms. The van der Waals surface area contributed by atoms with Crippen LogP contribution in [0.15, 0.2) is 36.4 Å². The first kappa shape index (κ1) is 18.7. The SMILES string of the molecule is CCN(CC)c1ccc(NC(=O)CNc2c(F)cccc2F)c(C)c1. The fourth-order valence-electron chi connectivity index (χ4n) is 2.60. The van der Waals surface area contributed by atoms with Crippen molar-refractivity contribution >= 4 is 23.0 Å². The van der Waals surface area contributed by atoms with Gasteiger partial charge in [0.2, 0.25) is 5.91 Å². The van der Waals surface area contributed by atoms with Crippen LogP contribution in [0.3, 0.4) is 0 Å². The first-order valence-corrected chi connectivity index (χ1v) is 8.29. The van der Waals surface area contributed by atoms with Crippen LogP contribution in [0.4, 0.5) is 25.8 Å². The number of rotatable bonds is 7. The minimum atomic E-state index is -0.729. The number of nitrogens with zero attached hydrogens (tertiary/aromatic N) is 1. The third-order valence-electron chi connectivity index (χ3n) is 4.00. The van der Waals surface area contributed by atoms with Gasteiger partial charge in [-0.15, -0.1) is 0 Å². The number of nitrogens with one attached hydrogen (secondary N) is 2. The summed E-state index contributed by atoms with van der Waals surface area (Å²) in [6.07, 6.45) is 0. The van der Waals surface area contributed by atoms with Gasteiger partial charge in [0, 0.05) is 24.5 Å². The van der Waals surface area contributed by atoms with E-state index >= 15 is 0 Å². The molecule has 0 aromatic heterocycles. The van der Waals surface area contributed by atoms with Crippen LogP contribution in [0.5, 0.6) is 0 Å². The topological polar surface area (TPSA) is 44.4 Å². The number of benzene rings is 2. The van der Waals surface area contributed by atoms with E-state index in [9.17, 15) is 13.6 Å². The lowest BCUT2D eigenvalue weighted by Crippen LogP contribution is -2.24. The first-order valence-electron chi connectivity index (χ1n) is 8.29. The summed E-state index contributed by atoms with van der Waals surface area (Å²) in [6, 6.07) is 9.34. The maximum absolute atomic E-state index is 13.5. The van der Waals surface area contributed by atoms with E-state index in [0.29, 0.717) is 5.69 Å². The van der Waals surface area contributed by atoms with Gasteiger partial charge >= 0.3 is 0 Å². The Kier molecular flexibility index (Phi) is 6.33. The van der Waals surface area contributed by atoms with Gasteiger partial charge in [0.1, 0.15) is 17.3 Å². The summed E-state index contributed by atoms with van der Waals surface area (Å²) >= 11 is 0. The summed E-state index contributed by atoms with van der Waals surface area (Å²) in [4.78, 5) is 14.3. The third-order valence-corrected chi connectivity index (χ3v) is 4.00. The molecule has 0 heterocycles. The number of anilines is 3. The lowest BCUT2D eigenvalue weighted by molar-refractivity contribution is -0.114. The number of halogens is 2. The van der Waals surface area contributed by atoms with Gasteiger partial charge in [0.25, 0.3) is 0 Å². The molecule has 0 saturated carbocycles. The van der Waals surface area contributed by atoms with Gasteiger partial charge in [-0.3, -0.25) is 4.79 Å². The normalized spacial score (nSPS) is 10.4. The second kappa shape index (κ2) is 8.46. The molecule has 134 valence electrons. The predicted molar refractivity (Wildman–Crippen MR) is 98.2 cm³/mol. The molecule has 2 aromatic carbocycles. The zero-order valence-electron chi connectivity index (χ0n) is 14.7. The molecule has 0 aliphatic heterocycles. The van der Waals surface area contributed by atoms with E-state index in [0.717, 1.165) is 36.5 Å². The Morgan fingerprint density at radius 3 is 2.28 bits per heavy atom. The van der Waals surface area contributed by atoms with Crippen LogP contribution in [-0.2, 0) is 4.79 Å². The molecule has 0 aliphatic rings. The highest BCUT2D eigenvalue weighted by Gasteiger charge is 2.11. The fourth-order valence-corrected chi connectivity index (χ4v) is 2.60. The van der Waals surface area contributed by atoms with Crippen molar-refractivity contribution in [1.29, 1.82) is 0 Å². The molecule has 25 heavy (non-hydrogen) atoms. The fraction of sp³-hybridized carbons (Fsp3) is 0.316. The summed E-state index contributed by atoms with van der Waals surface area (Å²) < 4.78 is 27.1. The third kappa shape index (κ3) is 4.68. The van der Waals surface area contributed by atoms with E-state index < -0.39 is 11.6 Å². The van der Waals surface area contributed by atoms with Crippen LogP contribution in [0.1, 0.15) is 19.4 Å². The summed E-state index contributed by atoms with van der Waals surface area (Å²) in [5.41, 5.74) is 2.39. The molecular formula is C19H23F2N3O. The summed E-state index contributed by atoms with van der Waals surface area (Å²) in [5, 5.41) is 5.26. The van der Waals surface area contributed by atoms with Crippen LogP contribution in [0.2, 0.25) is 0 Å². The smallest absolute Gasteiger partial charge is 0.243 e. The van der Waals surface area contributed by atoms with Crippen molar-refractivity contribution in [2.45, 2.75) is 20.8 Å². The van der Waals surface area contributed by atoms with Crippen LogP contribution in [-0.4, -0.2) is 25.5 Å².